The molecule has 11 aliphatic rings. The molecule has 0 heterocycles. The third kappa shape index (κ3) is 4.60. The van der Waals surface area contributed by atoms with E-state index in [0.29, 0.717) is 62.2 Å². The second-order valence-electron chi connectivity index (χ2n) is 19.5. The molecule has 0 amide bonds. The van der Waals surface area contributed by atoms with Crippen LogP contribution in [-0.2, 0) is 0 Å². The molecule has 11 saturated carbocycles. The van der Waals surface area contributed by atoms with Crippen molar-refractivity contribution >= 4 is 0 Å². The van der Waals surface area contributed by atoms with E-state index in [1.807, 2.05) is 6.42 Å². The van der Waals surface area contributed by atoms with Crippen molar-refractivity contribution in [3.05, 3.63) is 13.3 Å². The smallest absolute Gasteiger partial charge is 0.0578 e. The second kappa shape index (κ2) is 10.4. The molecule has 6 heteroatoms. The Bertz CT molecular complexity index is 1130. The molecule has 15 atom stereocenters. The number of aliphatic hydroxyl groups is 6. The summed E-state index contributed by atoms with van der Waals surface area (Å²) in [5.74, 6) is 2.56. The molecule has 0 aromatic carbocycles. The van der Waals surface area contributed by atoms with E-state index in [1.165, 1.54) is 12.8 Å². The molecule has 251 valence electrons. The first-order valence-corrected chi connectivity index (χ1v) is 19.1. The van der Waals surface area contributed by atoms with Gasteiger partial charge in [0.1, 0.15) is 0 Å². The Balaban J connectivity index is 0.980. The fourth-order valence-corrected chi connectivity index (χ4v) is 16.5. The number of rotatable bonds is 4. The molecule has 6 N–H and O–H groups in total. The Morgan fingerprint density at radius 3 is 1.20 bits per heavy atom. The maximum absolute atomic E-state index is 12.2. The largest absolute Gasteiger partial charge is 0.393 e. The molecule has 3 radical (unpaired) electrons. The van der Waals surface area contributed by atoms with Crippen LogP contribution in [0.15, 0.2) is 0 Å². The van der Waals surface area contributed by atoms with Crippen LogP contribution >= 0.6 is 0 Å². The van der Waals surface area contributed by atoms with Gasteiger partial charge in [-0.05, 0) is 204 Å². The molecule has 15 unspecified atom stereocenters. The summed E-state index contributed by atoms with van der Waals surface area (Å²) in [4.78, 5) is 0. The average molecular weight is 624 g/mol. The highest BCUT2D eigenvalue weighted by atomic mass is 16.3. The van der Waals surface area contributed by atoms with Crippen LogP contribution in [0.4, 0.5) is 0 Å². The van der Waals surface area contributed by atoms with Crippen molar-refractivity contribution in [2.24, 2.45) is 74.9 Å². The molecule has 11 fully saturated rings. The van der Waals surface area contributed by atoms with E-state index in [1.54, 1.807) is 0 Å². The predicted octanol–water partition coefficient (Wildman–Crippen LogP) is 4.70. The Kier molecular flexibility index (Phi) is 7.11. The van der Waals surface area contributed by atoms with Gasteiger partial charge in [0.25, 0.3) is 0 Å². The highest BCUT2D eigenvalue weighted by molar-refractivity contribution is 5.18. The lowest BCUT2D eigenvalue weighted by Crippen LogP contribution is -2.64. The first kappa shape index (κ1) is 30.8. The van der Waals surface area contributed by atoms with Crippen LogP contribution in [0.25, 0.3) is 0 Å². The van der Waals surface area contributed by atoms with Gasteiger partial charge < -0.3 is 30.6 Å². The highest BCUT2D eigenvalue weighted by Gasteiger charge is 2.68. The molecule has 45 heavy (non-hydrogen) atoms. The average Bonchev–Trinajstić information content (AvgIpc) is 2.95. The van der Waals surface area contributed by atoms with Gasteiger partial charge in [-0.25, -0.2) is 0 Å². The zero-order valence-corrected chi connectivity index (χ0v) is 27.2. The summed E-state index contributed by atoms with van der Waals surface area (Å²) in [6.07, 6.45) is 16.7. The Labute approximate surface area is 270 Å². The molecule has 0 aromatic rings. The van der Waals surface area contributed by atoms with Crippen molar-refractivity contribution in [3.63, 3.8) is 0 Å². The number of aliphatic hydroxyl groups excluding tert-OH is 6. The van der Waals surface area contributed by atoms with Gasteiger partial charge in [0.15, 0.2) is 0 Å². The third-order valence-corrected chi connectivity index (χ3v) is 16.9. The zero-order valence-electron chi connectivity index (χ0n) is 27.2. The predicted molar refractivity (Wildman–Crippen MR) is 169 cm³/mol. The van der Waals surface area contributed by atoms with Gasteiger partial charge in [-0.2, -0.15) is 0 Å². The van der Waals surface area contributed by atoms with E-state index in [9.17, 15) is 30.6 Å². The lowest BCUT2D eigenvalue weighted by molar-refractivity contribution is -0.233. The van der Waals surface area contributed by atoms with Gasteiger partial charge in [0.05, 0.1) is 36.6 Å². The lowest BCUT2D eigenvalue weighted by atomic mass is 9.35. The van der Waals surface area contributed by atoms with Gasteiger partial charge in [-0.15, -0.1) is 0 Å². The molecule has 11 rings (SSSR count). The van der Waals surface area contributed by atoms with Crippen LogP contribution in [0.5, 0.6) is 0 Å². The minimum absolute atomic E-state index is 0.0151. The Morgan fingerprint density at radius 1 is 0.422 bits per heavy atom. The second-order valence-corrected chi connectivity index (χ2v) is 19.5. The Morgan fingerprint density at radius 2 is 0.778 bits per heavy atom. The van der Waals surface area contributed by atoms with Crippen LogP contribution < -0.4 is 0 Å². The number of hydrogen-bond acceptors (Lipinski definition) is 6. The van der Waals surface area contributed by atoms with Crippen molar-refractivity contribution in [2.75, 3.05) is 0 Å². The highest BCUT2D eigenvalue weighted by Crippen LogP contribution is 2.75. The molecule has 0 aliphatic heterocycles. The van der Waals surface area contributed by atoms with E-state index in [2.05, 4.69) is 0 Å². The summed E-state index contributed by atoms with van der Waals surface area (Å²) in [6, 6.07) is 0. The fourth-order valence-electron chi connectivity index (χ4n) is 16.5. The van der Waals surface area contributed by atoms with E-state index in [0.717, 1.165) is 64.2 Å². The first-order valence-electron chi connectivity index (χ1n) is 19.1. The lowest BCUT2D eigenvalue weighted by Gasteiger charge is -2.70. The fraction of sp³-hybridized carbons (Fsp3) is 0.949. The van der Waals surface area contributed by atoms with Gasteiger partial charge in [0, 0.05) is 0 Å². The summed E-state index contributed by atoms with van der Waals surface area (Å²) in [7, 11) is 0. The zero-order chi connectivity index (χ0) is 31.1. The molecular formula is C39H59O6. The van der Waals surface area contributed by atoms with Crippen LogP contribution in [0.2, 0.25) is 0 Å². The van der Waals surface area contributed by atoms with Crippen LogP contribution in [0, 0.1) is 88.3 Å². The quantitative estimate of drug-likeness (QED) is 0.270. The van der Waals surface area contributed by atoms with Gasteiger partial charge in [-0.1, -0.05) is 0 Å². The van der Waals surface area contributed by atoms with E-state index >= 15 is 0 Å². The van der Waals surface area contributed by atoms with Crippen LogP contribution in [0.1, 0.15) is 116 Å². The monoisotopic (exact) mass is 623 g/mol. The van der Waals surface area contributed by atoms with Gasteiger partial charge in [0.2, 0.25) is 0 Å². The topological polar surface area (TPSA) is 121 Å². The molecular weight excluding hydrogens is 564 g/mol. The summed E-state index contributed by atoms with van der Waals surface area (Å²) in [6.45, 7) is 6.19. The Hall–Kier alpha value is -0.240. The van der Waals surface area contributed by atoms with Crippen LogP contribution in [0.3, 0.4) is 0 Å². The summed E-state index contributed by atoms with van der Waals surface area (Å²) >= 11 is 0. The summed E-state index contributed by atoms with van der Waals surface area (Å²) < 4.78 is 0. The van der Waals surface area contributed by atoms with Crippen LogP contribution in [-0.4, -0.2) is 67.3 Å². The molecule has 0 spiro atoms. The summed E-state index contributed by atoms with van der Waals surface area (Å²) in [5.41, 5.74) is 0.119. The maximum Gasteiger partial charge on any atom is 0.0578 e. The molecule has 0 aromatic heterocycles. The van der Waals surface area contributed by atoms with Crippen molar-refractivity contribution in [1.82, 2.24) is 0 Å². The van der Waals surface area contributed by atoms with Crippen molar-refractivity contribution in [3.8, 4) is 0 Å². The van der Waals surface area contributed by atoms with Crippen molar-refractivity contribution in [1.29, 1.82) is 0 Å². The first-order chi connectivity index (χ1) is 21.4. The van der Waals surface area contributed by atoms with Gasteiger partial charge in [-0.3, -0.25) is 0 Å². The van der Waals surface area contributed by atoms with E-state index in [4.69, 9.17) is 6.92 Å². The van der Waals surface area contributed by atoms with Crippen molar-refractivity contribution < 1.29 is 30.6 Å². The molecule has 6 nitrogen and oxygen atoms in total. The number of hydrogen-bond donors (Lipinski definition) is 6. The summed E-state index contributed by atoms with van der Waals surface area (Å²) in [5, 5.41) is 68.4. The standard InChI is InChI=1S/C39H59O6/c1-21-4-33(43)28(8-32(21)42)37-13-24-6-25(14-37)18-39(17-24,20-37)30-10-34(44)29(9-35(30)45)38-15-22-5-23(16-38)12-36(11-22,19-38)27-7-26(40)2-3-31(27)41/h1-2,21-35,40-45H,3-20H2. The molecule has 0 saturated heterocycles. The molecule has 11 aliphatic carbocycles. The molecule has 8 bridgehead atoms. The third-order valence-electron chi connectivity index (χ3n) is 16.9. The van der Waals surface area contributed by atoms with Crippen molar-refractivity contribution in [2.45, 2.75) is 152 Å². The van der Waals surface area contributed by atoms with E-state index < -0.39 is 30.5 Å². The SMILES string of the molecule is [CH]C1CC(O)C(C23CC4CC(C2)CC(C2CC(O)C(C56CC7CC(CC(C8CC(O)[CH]CC8O)(C7)C5)C6)CC2O)(C4)C3)CC1O. The minimum atomic E-state index is -0.551. The van der Waals surface area contributed by atoms with Gasteiger partial charge >= 0.3 is 0 Å². The maximum atomic E-state index is 12.2. The van der Waals surface area contributed by atoms with E-state index in [-0.39, 0.29) is 57.4 Å². The normalized spacial score (nSPS) is 63.7. The minimum Gasteiger partial charge on any atom is -0.393 e.